The molecule has 3 aromatic rings. The number of pyridine rings is 1. The Morgan fingerprint density at radius 3 is 2.68 bits per heavy atom. The Morgan fingerprint density at radius 1 is 1.18 bits per heavy atom. The molecule has 0 aliphatic rings. The highest BCUT2D eigenvalue weighted by Crippen LogP contribution is 2.24. The zero-order valence-electron chi connectivity index (χ0n) is 12.1. The summed E-state index contributed by atoms with van der Waals surface area (Å²) in [5.74, 6) is -0.942. The minimum absolute atomic E-state index is 0.276. The molecule has 0 radical (unpaired) electrons. The van der Waals surface area contributed by atoms with Crippen molar-refractivity contribution < 1.29 is 9.90 Å². The van der Waals surface area contributed by atoms with Crippen molar-refractivity contribution in [3.8, 4) is 11.3 Å². The molecule has 110 valence electrons. The molecule has 0 atom stereocenters. The van der Waals surface area contributed by atoms with Crippen LogP contribution < -0.4 is 0 Å². The molecule has 1 aromatic carbocycles. The van der Waals surface area contributed by atoms with Gasteiger partial charge in [-0.3, -0.25) is 9.67 Å². The third kappa shape index (κ3) is 2.74. The molecule has 0 aliphatic carbocycles. The molecule has 22 heavy (non-hydrogen) atoms. The van der Waals surface area contributed by atoms with E-state index in [0.29, 0.717) is 12.0 Å². The number of hydrogen-bond donors (Lipinski definition) is 1. The van der Waals surface area contributed by atoms with Gasteiger partial charge in [-0.25, -0.2) is 4.79 Å². The van der Waals surface area contributed by atoms with Gasteiger partial charge in [-0.15, -0.1) is 0 Å². The van der Waals surface area contributed by atoms with Crippen molar-refractivity contribution in [1.29, 1.82) is 0 Å². The summed E-state index contributed by atoms with van der Waals surface area (Å²) in [4.78, 5) is 15.4. The first-order chi connectivity index (χ1) is 10.6. The summed E-state index contributed by atoms with van der Waals surface area (Å²) in [7, 11) is 1.86. The maximum absolute atomic E-state index is 11.3. The zero-order valence-corrected chi connectivity index (χ0v) is 12.1. The Bertz CT molecular complexity index is 810. The van der Waals surface area contributed by atoms with Gasteiger partial charge in [0.25, 0.3) is 0 Å². The van der Waals surface area contributed by atoms with Crippen molar-refractivity contribution in [3.05, 3.63) is 71.7 Å². The fourth-order valence-corrected chi connectivity index (χ4v) is 2.49. The Kier molecular flexibility index (Phi) is 3.70. The van der Waals surface area contributed by atoms with Crippen LogP contribution >= 0.6 is 0 Å². The van der Waals surface area contributed by atoms with E-state index in [-0.39, 0.29) is 5.56 Å². The molecule has 5 heteroatoms. The highest BCUT2D eigenvalue weighted by Gasteiger charge is 2.15. The highest BCUT2D eigenvalue weighted by molar-refractivity contribution is 5.89. The molecule has 0 unspecified atom stereocenters. The predicted octanol–water partition coefficient (Wildman–Crippen LogP) is 2.77. The minimum Gasteiger partial charge on any atom is -0.478 e. The van der Waals surface area contributed by atoms with Gasteiger partial charge in [0.05, 0.1) is 11.3 Å². The summed E-state index contributed by atoms with van der Waals surface area (Å²) in [6.45, 7) is 0. The van der Waals surface area contributed by atoms with Crippen LogP contribution in [0.4, 0.5) is 0 Å². The molecule has 0 amide bonds. The average Bonchev–Trinajstić information content (AvgIpc) is 2.89. The summed E-state index contributed by atoms with van der Waals surface area (Å²) in [6, 6.07) is 11.4. The molecule has 2 aromatic heterocycles. The molecule has 0 aliphatic heterocycles. The lowest BCUT2D eigenvalue weighted by molar-refractivity contribution is 0.0695. The fraction of sp³-hybridized carbons (Fsp3) is 0.118. The van der Waals surface area contributed by atoms with Crippen LogP contribution in [0.1, 0.15) is 21.5 Å². The summed E-state index contributed by atoms with van der Waals surface area (Å²) in [5, 5.41) is 13.8. The van der Waals surface area contributed by atoms with E-state index >= 15 is 0 Å². The molecule has 0 fully saturated rings. The molecule has 0 spiro atoms. The van der Waals surface area contributed by atoms with Crippen LogP contribution in [-0.4, -0.2) is 25.8 Å². The van der Waals surface area contributed by atoms with E-state index in [0.717, 1.165) is 16.8 Å². The van der Waals surface area contributed by atoms with Gasteiger partial charge in [0.1, 0.15) is 0 Å². The quantitative estimate of drug-likeness (QED) is 0.803. The molecule has 0 saturated heterocycles. The Labute approximate surface area is 127 Å². The lowest BCUT2D eigenvalue weighted by Gasteiger charge is -2.05. The molecule has 0 saturated carbocycles. The smallest absolute Gasteiger partial charge is 0.336 e. The van der Waals surface area contributed by atoms with Gasteiger partial charge in [0, 0.05) is 43.2 Å². The van der Waals surface area contributed by atoms with Crippen LogP contribution in [0.15, 0.2) is 55.0 Å². The molecular weight excluding hydrogens is 278 g/mol. The van der Waals surface area contributed by atoms with Crippen LogP contribution in [-0.2, 0) is 13.5 Å². The van der Waals surface area contributed by atoms with E-state index in [2.05, 4.69) is 10.1 Å². The van der Waals surface area contributed by atoms with Gasteiger partial charge in [-0.1, -0.05) is 30.3 Å². The van der Waals surface area contributed by atoms with E-state index in [4.69, 9.17) is 0 Å². The second-order valence-corrected chi connectivity index (χ2v) is 5.06. The van der Waals surface area contributed by atoms with Crippen LogP contribution in [0.5, 0.6) is 0 Å². The van der Waals surface area contributed by atoms with Crippen molar-refractivity contribution >= 4 is 5.97 Å². The highest BCUT2D eigenvalue weighted by atomic mass is 16.4. The molecule has 0 bridgehead atoms. The number of carbonyl (C=O) groups is 1. The number of rotatable bonds is 4. The van der Waals surface area contributed by atoms with Crippen LogP contribution in [0.2, 0.25) is 0 Å². The summed E-state index contributed by atoms with van der Waals surface area (Å²) >= 11 is 0. The third-order valence-corrected chi connectivity index (χ3v) is 3.47. The van der Waals surface area contributed by atoms with Crippen LogP contribution in [0.3, 0.4) is 0 Å². The number of benzene rings is 1. The molecular formula is C17H15N3O2. The lowest BCUT2D eigenvalue weighted by atomic mass is 10.00. The fourth-order valence-electron chi connectivity index (χ4n) is 2.49. The largest absolute Gasteiger partial charge is 0.478 e. The van der Waals surface area contributed by atoms with Gasteiger partial charge in [0.2, 0.25) is 0 Å². The summed E-state index contributed by atoms with van der Waals surface area (Å²) < 4.78 is 1.74. The monoisotopic (exact) mass is 293 g/mol. The maximum Gasteiger partial charge on any atom is 0.336 e. The van der Waals surface area contributed by atoms with Gasteiger partial charge < -0.3 is 5.11 Å². The van der Waals surface area contributed by atoms with E-state index in [9.17, 15) is 9.90 Å². The van der Waals surface area contributed by atoms with Crippen molar-refractivity contribution in [2.45, 2.75) is 6.42 Å². The molecule has 1 N–H and O–H groups in total. The van der Waals surface area contributed by atoms with E-state index in [1.54, 1.807) is 10.9 Å². The van der Waals surface area contributed by atoms with Gasteiger partial charge in [-0.05, 0) is 11.6 Å². The molecule has 5 nitrogen and oxygen atoms in total. The Balaban J connectivity index is 2.03. The number of carboxylic acid groups (broad SMARTS) is 1. The van der Waals surface area contributed by atoms with Crippen LogP contribution in [0, 0.1) is 0 Å². The normalized spacial score (nSPS) is 10.6. The van der Waals surface area contributed by atoms with E-state index < -0.39 is 5.97 Å². The SMILES string of the molecule is Cn1cc(Cc2cnccc2C(=O)O)c(-c2ccccc2)n1. The number of aromatic carboxylic acids is 1. The second kappa shape index (κ2) is 5.81. The van der Waals surface area contributed by atoms with Gasteiger partial charge >= 0.3 is 5.97 Å². The maximum atomic E-state index is 11.3. The molecule has 3 rings (SSSR count). The predicted molar refractivity (Wildman–Crippen MR) is 82.6 cm³/mol. The first-order valence-corrected chi connectivity index (χ1v) is 6.89. The van der Waals surface area contributed by atoms with Crippen LogP contribution in [0.25, 0.3) is 11.3 Å². The van der Waals surface area contributed by atoms with Crippen molar-refractivity contribution in [3.63, 3.8) is 0 Å². The second-order valence-electron chi connectivity index (χ2n) is 5.06. The standard InChI is InChI=1S/C17H15N3O2/c1-20-11-14(16(19-20)12-5-3-2-4-6-12)9-13-10-18-8-7-15(13)17(21)22/h2-8,10-11H,9H2,1H3,(H,21,22). The zero-order chi connectivity index (χ0) is 15.5. The topological polar surface area (TPSA) is 68.0 Å². The Hall–Kier alpha value is -2.95. The van der Waals surface area contributed by atoms with Crippen molar-refractivity contribution in [2.75, 3.05) is 0 Å². The average molecular weight is 293 g/mol. The number of hydrogen-bond acceptors (Lipinski definition) is 3. The summed E-state index contributed by atoms with van der Waals surface area (Å²) in [5.41, 5.74) is 3.81. The lowest BCUT2D eigenvalue weighted by Crippen LogP contribution is -2.03. The van der Waals surface area contributed by atoms with Gasteiger partial charge in [0.15, 0.2) is 0 Å². The van der Waals surface area contributed by atoms with E-state index in [1.165, 1.54) is 12.3 Å². The number of aromatic nitrogens is 3. The van der Waals surface area contributed by atoms with Crippen molar-refractivity contribution in [2.24, 2.45) is 7.05 Å². The summed E-state index contributed by atoms with van der Waals surface area (Å²) in [6.07, 6.45) is 5.49. The van der Waals surface area contributed by atoms with Crippen molar-refractivity contribution in [1.82, 2.24) is 14.8 Å². The van der Waals surface area contributed by atoms with E-state index in [1.807, 2.05) is 43.6 Å². The first-order valence-electron chi connectivity index (χ1n) is 6.89. The van der Waals surface area contributed by atoms with Gasteiger partial charge in [-0.2, -0.15) is 5.10 Å². The number of nitrogens with zero attached hydrogens (tertiary/aromatic N) is 3. The number of aryl methyl sites for hydroxylation is 1. The molecule has 2 heterocycles. The third-order valence-electron chi connectivity index (χ3n) is 3.47. The Morgan fingerprint density at radius 2 is 1.95 bits per heavy atom. The minimum atomic E-state index is -0.942. The number of carboxylic acids is 1. The first kappa shape index (κ1) is 14.0.